The van der Waals surface area contributed by atoms with Crippen molar-refractivity contribution in [2.75, 3.05) is 18.5 Å². The smallest absolute Gasteiger partial charge is 0.224 e. The summed E-state index contributed by atoms with van der Waals surface area (Å²) in [5, 5.41) is 6.15. The third kappa shape index (κ3) is 6.01. The Morgan fingerprint density at radius 2 is 1.69 bits per heavy atom. The number of ketones is 1. The van der Waals surface area contributed by atoms with E-state index in [1.54, 1.807) is 24.3 Å². The van der Waals surface area contributed by atoms with Crippen LogP contribution in [0.2, 0.25) is 0 Å². The Balaban J connectivity index is 1.87. The van der Waals surface area contributed by atoms with Gasteiger partial charge in [-0.05, 0) is 49.4 Å². The molecule has 0 radical (unpaired) electrons. The molecule has 2 aromatic carbocycles. The van der Waals surface area contributed by atoms with Gasteiger partial charge in [0.15, 0.2) is 5.78 Å². The van der Waals surface area contributed by atoms with Crippen LogP contribution in [0.15, 0.2) is 48.5 Å². The summed E-state index contributed by atoms with van der Waals surface area (Å²) in [5.74, 6) is 0.524. The highest BCUT2D eigenvalue weighted by Crippen LogP contribution is 2.17. The van der Waals surface area contributed by atoms with E-state index in [4.69, 9.17) is 4.74 Å². The standard InChI is InChI=1S/C21H26N2O3/c1-3-22-15-17-7-5-6-8-19(17)23-21(25)14-13-20(24)16-9-11-18(12-10-16)26-4-2/h5-12,22H,3-4,13-15H2,1-2H3,(H,23,25). The van der Waals surface area contributed by atoms with E-state index in [1.165, 1.54) is 0 Å². The molecule has 1 amide bonds. The highest BCUT2D eigenvalue weighted by molar-refractivity contribution is 6.00. The molecular weight excluding hydrogens is 328 g/mol. The molecule has 0 saturated heterocycles. The molecule has 0 aliphatic carbocycles. The van der Waals surface area contributed by atoms with Crippen molar-refractivity contribution in [2.24, 2.45) is 0 Å². The van der Waals surface area contributed by atoms with Crippen LogP contribution in [0.3, 0.4) is 0 Å². The Hall–Kier alpha value is -2.66. The molecule has 0 aliphatic rings. The summed E-state index contributed by atoms with van der Waals surface area (Å²) in [5.41, 5.74) is 2.40. The van der Waals surface area contributed by atoms with Gasteiger partial charge in [0.2, 0.25) is 5.91 Å². The van der Waals surface area contributed by atoms with E-state index >= 15 is 0 Å². The fraction of sp³-hybridized carbons (Fsp3) is 0.333. The van der Waals surface area contributed by atoms with Gasteiger partial charge in [-0.1, -0.05) is 25.1 Å². The summed E-state index contributed by atoms with van der Waals surface area (Å²) < 4.78 is 5.36. The highest BCUT2D eigenvalue weighted by Gasteiger charge is 2.11. The SMILES string of the molecule is CCNCc1ccccc1NC(=O)CCC(=O)c1ccc(OCC)cc1. The van der Waals surface area contributed by atoms with Crippen molar-refractivity contribution in [3.05, 3.63) is 59.7 Å². The molecule has 2 aromatic rings. The second-order valence-electron chi connectivity index (χ2n) is 5.87. The summed E-state index contributed by atoms with van der Waals surface area (Å²) in [6.45, 7) is 6.08. The maximum Gasteiger partial charge on any atom is 0.224 e. The Morgan fingerprint density at radius 3 is 2.38 bits per heavy atom. The number of Topliss-reactive ketones (excluding diaryl/α,β-unsaturated/α-hetero) is 1. The molecule has 0 fully saturated rings. The van der Waals surface area contributed by atoms with Gasteiger partial charge < -0.3 is 15.4 Å². The quantitative estimate of drug-likeness (QED) is 0.637. The maximum atomic E-state index is 12.2. The molecule has 0 atom stereocenters. The average molecular weight is 354 g/mol. The van der Waals surface area contributed by atoms with Gasteiger partial charge in [0.05, 0.1) is 6.61 Å². The predicted molar refractivity (Wildman–Crippen MR) is 104 cm³/mol. The van der Waals surface area contributed by atoms with E-state index in [0.29, 0.717) is 18.7 Å². The number of nitrogens with one attached hydrogen (secondary N) is 2. The molecule has 2 N–H and O–H groups in total. The lowest BCUT2D eigenvalue weighted by Crippen LogP contribution is -2.17. The largest absolute Gasteiger partial charge is 0.494 e. The molecular formula is C21H26N2O3. The molecule has 0 aliphatic heterocycles. The fourth-order valence-corrected chi connectivity index (χ4v) is 2.54. The Bertz CT molecular complexity index is 726. The second kappa shape index (κ2) is 10.4. The van der Waals surface area contributed by atoms with E-state index < -0.39 is 0 Å². The van der Waals surface area contributed by atoms with Crippen LogP contribution in [-0.2, 0) is 11.3 Å². The molecule has 5 heteroatoms. The molecule has 2 rings (SSSR count). The lowest BCUT2D eigenvalue weighted by molar-refractivity contribution is -0.116. The first-order valence-corrected chi connectivity index (χ1v) is 8.98. The number of amides is 1. The van der Waals surface area contributed by atoms with Gasteiger partial charge in [-0.25, -0.2) is 0 Å². The van der Waals surface area contributed by atoms with Gasteiger partial charge in [-0.2, -0.15) is 0 Å². The zero-order chi connectivity index (χ0) is 18.8. The first-order valence-electron chi connectivity index (χ1n) is 8.98. The zero-order valence-electron chi connectivity index (χ0n) is 15.4. The lowest BCUT2D eigenvalue weighted by atomic mass is 10.1. The molecule has 0 aromatic heterocycles. The Kier molecular flexibility index (Phi) is 7.83. The highest BCUT2D eigenvalue weighted by atomic mass is 16.5. The number of anilines is 1. The summed E-state index contributed by atoms with van der Waals surface area (Å²) in [6, 6.07) is 14.7. The average Bonchev–Trinajstić information content (AvgIpc) is 2.66. The monoisotopic (exact) mass is 354 g/mol. The predicted octanol–water partition coefficient (Wildman–Crippen LogP) is 3.80. The molecule has 0 heterocycles. The number of benzene rings is 2. The van der Waals surface area contributed by atoms with Gasteiger partial charge in [-0.15, -0.1) is 0 Å². The molecule has 0 saturated carbocycles. The third-order valence-electron chi connectivity index (χ3n) is 3.92. The molecule has 26 heavy (non-hydrogen) atoms. The number of ether oxygens (including phenoxy) is 1. The van der Waals surface area contributed by atoms with Crippen molar-refractivity contribution >= 4 is 17.4 Å². The van der Waals surface area contributed by atoms with Crippen LogP contribution >= 0.6 is 0 Å². The summed E-state index contributed by atoms with van der Waals surface area (Å²) >= 11 is 0. The molecule has 138 valence electrons. The number of carbonyl (C=O) groups excluding carboxylic acids is 2. The first-order chi connectivity index (χ1) is 12.6. The minimum absolute atomic E-state index is 0.0517. The van der Waals surface area contributed by atoms with Crippen molar-refractivity contribution in [3.8, 4) is 5.75 Å². The Labute approximate surface area is 154 Å². The lowest BCUT2D eigenvalue weighted by Gasteiger charge is -2.11. The van der Waals surface area contributed by atoms with Crippen molar-refractivity contribution in [1.82, 2.24) is 5.32 Å². The van der Waals surface area contributed by atoms with Crippen molar-refractivity contribution < 1.29 is 14.3 Å². The topological polar surface area (TPSA) is 67.4 Å². The van der Waals surface area contributed by atoms with Crippen LogP contribution in [0.4, 0.5) is 5.69 Å². The van der Waals surface area contributed by atoms with Crippen molar-refractivity contribution in [2.45, 2.75) is 33.2 Å². The number of rotatable bonds is 10. The van der Waals surface area contributed by atoms with Crippen LogP contribution < -0.4 is 15.4 Å². The van der Waals surface area contributed by atoms with Crippen LogP contribution in [0.25, 0.3) is 0 Å². The third-order valence-corrected chi connectivity index (χ3v) is 3.92. The summed E-state index contributed by atoms with van der Waals surface area (Å²) in [4.78, 5) is 24.5. The molecule has 0 unspecified atom stereocenters. The number of carbonyl (C=O) groups is 2. The van der Waals surface area contributed by atoms with Crippen LogP contribution in [0.1, 0.15) is 42.6 Å². The van der Waals surface area contributed by atoms with Gasteiger partial charge in [0.25, 0.3) is 0 Å². The van der Waals surface area contributed by atoms with Crippen LogP contribution in [0.5, 0.6) is 5.75 Å². The number of para-hydroxylation sites is 1. The van der Waals surface area contributed by atoms with E-state index in [9.17, 15) is 9.59 Å². The molecule has 0 spiro atoms. The minimum Gasteiger partial charge on any atom is -0.494 e. The number of hydrogen-bond acceptors (Lipinski definition) is 4. The van der Waals surface area contributed by atoms with Crippen LogP contribution in [0, 0.1) is 0 Å². The van der Waals surface area contributed by atoms with E-state index in [1.807, 2.05) is 38.1 Å². The van der Waals surface area contributed by atoms with Gasteiger partial charge in [0.1, 0.15) is 5.75 Å². The fourth-order valence-electron chi connectivity index (χ4n) is 2.54. The van der Waals surface area contributed by atoms with Gasteiger partial charge >= 0.3 is 0 Å². The van der Waals surface area contributed by atoms with Crippen molar-refractivity contribution in [1.29, 1.82) is 0 Å². The van der Waals surface area contributed by atoms with Gasteiger partial charge in [-0.3, -0.25) is 9.59 Å². The van der Waals surface area contributed by atoms with E-state index in [2.05, 4.69) is 10.6 Å². The zero-order valence-corrected chi connectivity index (χ0v) is 15.4. The minimum atomic E-state index is -0.159. The summed E-state index contributed by atoms with van der Waals surface area (Å²) in [6.07, 6.45) is 0.330. The van der Waals surface area contributed by atoms with E-state index in [0.717, 1.165) is 23.5 Å². The second-order valence-corrected chi connectivity index (χ2v) is 5.87. The normalized spacial score (nSPS) is 10.4. The first kappa shape index (κ1) is 19.7. The number of hydrogen-bond donors (Lipinski definition) is 2. The Morgan fingerprint density at radius 1 is 0.962 bits per heavy atom. The summed E-state index contributed by atoms with van der Waals surface area (Å²) in [7, 11) is 0. The molecule has 0 bridgehead atoms. The van der Waals surface area contributed by atoms with Gasteiger partial charge in [0, 0.05) is 30.6 Å². The van der Waals surface area contributed by atoms with E-state index in [-0.39, 0.29) is 24.5 Å². The molecule has 5 nitrogen and oxygen atoms in total. The maximum absolute atomic E-state index is 12.2. The van der Waals surface area contributed by atoms with Crippen LogP contribution in [-0.4, -0.2) is 24.8 Å². The van der Waals surface area contributed by atoms with Crippen molar-refractivity contribution in [3.63, 3.8) is 0 Å².